The Balaban J connectivity index is 0.00000127. The summed E-state index contributed by atoms with van der Waals surface area (Å²) in [6, 6.07) is 13.6. The molecule has 4 atom stereocenters. The van der Waals surface area contributed by atoms with Crippen LogP contribution in [-0.4, -0.2) is 47.3 Å². The molecule has 0 saturated heterocycles. The summed E-state index contributed by atoms with van der Waals surface area (Å²) in [5, 5.41) is 13.2. The number of ether oxygens (including phenoxy) is 1. The highest BCUT2D eigenvalue weighted by Crippen LogP contribution is 2.35. The zero-order valence-electron chi connectivity index (χ0n) is 26.9. The minimum Gasteiger partial charge on any atom is -0.491 e. The second-order valence-electron chi connectivity index (χ2n) is 11.0. The number of carbonyl (C=O) groups is 1. The van der Waals surface area contributed by atoms with Gasteiger partial charge in [0, 0.05) is 43.4 Å². The number of primary amides is 1. The summed E-state index contributed by atoms with van der Waals surface area (Å²) >= 11 is 6.13. The molecule has 1 aliphatic rings. The number of benzene rings is 2. The van der Waals surface area contributed by atoms with Gasteiger partial charge in [0.25, 0.3) is 0 Å². The van der Waals surface area contributed by atoms with Gasteiger partial charge in [-0.05, 0) is 93.2 Å². The van der Waals surface area contributed by atoms with Gasteiger partial charge in [-0.15, -0.1) is 13.2 Å². The quantitative estimate of drug-likeness (QED) is 0.163. The molecule has 1 aliphatic heterocycles. The maximum Gasteiger partial charge on any atom is 0.248 e. The van der Waals surface area contributed by atoms with E-state index in [1.54, 1.807) is 6.07 Å². The summed E-state index contributed by atoms with van der Waals surface area (Å²) in [5.74, 6) is 1.45. The summed E-state index contributed by atoms with van der Waals surface area (Å²) < 4.78 is 16.9. The van der Waals surface area contributed by atoms with Crippen molar-refractivity contribution >= 4 is 34.2 Å². The Morgan fingerprint density at radius 2 is 1.93 bits per heavy atom. The van der Waals surface area contributed by atoms with Crippen LogP contribution in [0.5, 0.6) is 5.75 Å². The molecule has 9 heteroatoms. The van der Waals surface area contributed by atoms with Crippen molar-refractivity contribution in [2.45, 2.75) is 76.9 Å². The van der Waals surface area contributed by atoms with E-state index in [0.29, 0.717) is 24.0 Å². The third-order valence-corrected chi connectivity index (χ3v) is 9.33. The molecule has 7 nitrogen and oxygen atoms in total. The molecule has 2 aromatic rings. The highest BCUT2D eigenvalue weighted by molar-refractivity contribution is 7.83. The molecule has 0 aliphatic carbocycles. The average Bonchev–Trinajstić information content (AvgIpc) is 3.19. The molecule has 5 N–H and O–H groups in total. The van der Waals surface area contributed by atoms with Crippen LogP contribution < -0.4 is 20.5 Å². The van der Waals surface area contributed by atoms with Crippen molar-refractivity contribution in [2.75, 3.05) is 31.7 Å². The number of nitrogens with zero attached hydrogens (tertiary/aromatic N) is 1. The molecule has 2 aromatic carbocycles. The number of aliphatic hydroxyl groups is 1. The van der Waals surface area contributed by atoms with E-state index < -0.39 is 16.9 Å². The van der Waals surface area contributed by atoms with Gasteiger partial charge in [-0.25, -0.2) is 4.21 Å². The van der Waals surface area contributed by atoms with Crippen LogP contribution in [0, 0.1) is 11.8 Å². The first-order chi connectivity index (χ1) is 21.2. The molecule has 3 rings (SSSR count). The predicted octanol–water partition coefficient (Wildman–Crippen LogP) is 7.48. The number of nitrogens with two attached hydrogens (primary N) is 2. The molecular formula is C35H56ClN3O4S. The van der Waals surface area contributed by atoms with Crippen molar-refractivity contribution in [3.8, 4) is 5.75 Å². The molecule has 0 radical (unpaired) electrons. The van der Waals surface area contributed by atoms with E-state index in [9.17, 15) is 9.00 Å². The summed E-state index contributed by atoms with van der Waals surface area (Å²) in [6.45, 7) is 14.2. The Labute approximate surface area is 274 Å². The maximum absolute atomic E-state index is 11.8. The number of carbonyl (C=O) groups excluding carboxylic acids is 1. The van der Waals surface area contributed by atoms with Crippen molar-refractivity contribution in [3.05, 3.63) is 83.9 Å². The first-order valence-electron chi connectivity index (χ1n) is 15.6. The first-order valence-corrected chi connectivity index (χ1v) is 17.2. The van der Waals surface area contributed by atoms with Gasteiger partial charge in [0.1, 0.15) is 5.75 Å². The Hall–Kier alpha value is -2.65. The van der Waals surface area contributed by atoms with Crippen LogP contribution in [0.2, 0.25) is 5.02 Å². The van der Waals surface area contributed by atoms with Crippen LogP contribution in [0.4, 0.5) is 5.69 Å². The number of halogens is 1. The zero-order chi connectivity index (χ0) is 32.9. The Kier molecular flexibility index (Phi) is 20.4. The number of hydrogen-bond acceptors (Lipinski definition) is 5. The normalized spacial score (nSPS) is 15.9. The lowest BCUT2D eigenvalue weighted by Crippen LogP contribution is -2.32. The molecule has 248 valence electrons. The van der Waals surface area contributed by atoms with E-state index in [1.165, 1.54) is 5.56 Å². The standard InChI is InChI=1S/C27H35ClN2O2.C7H15NOS.CH4O.H2/c1-3-7-20(4-2)14-15-30-18-22(10-5-8-21-9-6-11-24(28)16-21)19-32-26-13-12-23(27(29)31)17-25(26)30;1-3-5-6-7(4-2)10(8)9;1-2;/h3,6,9,11-13,16-17,20,22H,1,4-5,7-8,10,14-15,18-19H2,2H3,(H2,29,31);3,7H,1,4-6,8H2,2H3;2H,1H3;1H/t20-,22?;7-,10?;;/m01../s1. The number of anilines is 1. The Morgan fingerprint density at radius 1 is 1.18 bits per heavy atom. The van der Waals surface area contributed by atoms with E-state index in [2.05, 4.69) is 31.0 Å². The van der Waals surface area contributed by atoms with Crippen molar-refractivity contribution in [1.29, 1.82) is 0 Å². The average molecular weight is 650 g/mol. The zero-order valence-corrected chi connectivity index (χ0v) is 28.5. The highest BCUT2D eigenvalue weighted by atomic mass is 35.5. The molecule has 1 amide bonds. The van der Waals surface area contributed by atoms with E-state index in [0.717, 1.165) is 94.4 Å². The van der Waals surface area contributed by atoms with Crippen LogP contribution in [-0.2, 0) is 17.4 Å². The molecule has 0 fully saturated rings. The summed E-state index contributed by atoms with van der Waals surface area (Å²) in [4.78, 5) is 14.2. The van der Waals surface area contributed by atoms with Crippen LogP contribution in [0.25, 0.3) is 0 Å². The van der Waals surface area contributed by atoms with E-state index in [-0.39, 0.29) is 6.68 Å². The molecule has 44 heavy (non-hydrogen) atoms. The maximum atomic E-state index is 11.8. The van der Waals surface area contributed by atoms with Gasteiger partial charge in [-0.1, -0.05) is 56.2 Å². The van der Waals surface area contributed by atoms with Gasteiger partial charge >= 0.3 is 0 Å². The second kappa shape index (κ2) is 22.8. The Bertz CT molecular complexity index is 1170. The van der Waals surface area contributed by atoms with Crippen molar-refractivity contribution in [2.24, 2.45) is 22.7 Å². The number of rotatable bonds is 16. The number of allylic oxidation sites excluding steroid dienone is 2. The van der Waals surface area contributed by atoms with Crippen molar-refractivity contribution in [3.63, 3.8) is 0 Å². The molecule has 0 bridgehead atoms. The van der Waals surface area contributed by atoms with E-state index in [4.69, 9.17) is 32.3 Å². The van der Waals surface area contributed by atoms with Gasteiger partial charge in [-0.3, -0.25) is 9.93 Å². The number of amides is 1. The lowest BCUT2D eigenvalue weighted by atomic mass is 9.96. The van der Waals surface area contributed by atoms with Crippen LogP contribution in [0.3, 0.4) is 0 Å². The largest absolute Gasteiger partial charge is 0.491 e. The third-order valence-electron chi connectivity index (χ3n) is 7.87. The Morgan fingerprint density at radius 3 is 2.52 bits per heavy atom. The molecule has 2 unspecified atom stereocenters. The lowest BCUT2D eigenvalue weighted by Gasteiger charge is -2.28. The molecular weight excluding hydrogens is 594 g/mol. The van der Waals surface area contributed by atoms with Gasteiger partial charge in [0.15, 0.2) is 0 Å². The number of hydrogen-bond donors (Lipinski definition) is 3. The number of fused-ring (bicyclic) bond motifs is 1. The molecule has 0 spiro atoms. The summed E-state index contributed by atoms with van der Waals surface area (Å²) in [6.07, 6.45) is 12.9. The second-order valence-corrected chi connectivity index (χ2v) is 12.8. The van der Waals surface area contributed by atoms with Gasteiger partial charge < -0.3 is 20.5 Å². The first kappa shape index (κ1) is 39.4. The minimum absolute atomic E-state index is 0. The predicted molar refractivity (Wildman–Crippen MR) is 190 cm³/mol. The van der Waals surface area contributed by atoms with Gasteiger partial charge in [0.05, 0.1) is 23.3 Å². The third kappa shape index (κ3) is 14.4. The smallest absolute Gasteiger partial charge is 0.248 e. The fourth-order valence-electron chi connectivity index (χ4n) is 5.23. The molecule has 0 saturated carbocycles. The fourth-order valence-corrected chi connectivity index (χ4v) is 6.14. The number of aliphatic hydroxyl groups excluding tert-OH is 1. The van der Waals surface area contributed by atoms with Gasteiger partial charge in [-0.2, -0.15) is 0 Å². The van der Waals surface area contributed by atoms with Crippen LogP contribution in [0.1, 0.15) is 82.6 Å². The van der Waals surface area contributed by atoms with E-state index in [1.807, 2.05) is 49.4 Å². The van der Waals surface area contributed by atoms with Crippen molar-refractivity contribution in [1.82, 2.24) is 0 Å². The SMILES string of the molecule is C=CCC[C@@H](CC)S(N)=O.C=CC[C@H](CC)CCN1CC(CCCc2cccc(Cl)c2)COc2ccc(C(N)=O)cc21.CO.[HH]. The summed E-state index contributed by atoms with van der Waals surface area (Å²) in [7, 11) is -0.153. The monoisotopic (exact) mass is 649 g/mol. The van der Waals surface area contributed by atoms with Crippen LogP contribution in [0.15, 0.2) is 67.8 Å². The highest BCUT2D eigenvalue weighted by Gasteiger charge is 2.24. The lowest BCUT2D eigenvalue weighted by molar-refractivity contribution is 0.1000. The topological polar surface area (TPSA) is 119 Å². The molecule has 0 aromatic heterocycles. The fraction of sp³-hybridized carbons (Fsp3) is 0.514. The molecule has 1 heterocycles. The van der Waals surface area contributed by atoms with E-state index >= 15 is 0 Å². The van der Waals surface area contributed by atoms with Crippen molar-refractivity contribution < 1.29 is 20.3 Å². The summed E-state index contributed by atoms with van der Waals surface area (Å²) in [5.41, 5.74) is 8.33. The number of aryl methyl sites for hydroxylation is 1. The van der Waals surface area contributed by atoms with Crippen LogP contribution >= 0.6 is 11.6 Å². The minimum atomic E-state index is -1.15. The van der Waals surface area contributed by atoms with Gasteiger partial charge in [0.2, 0.25) is 5.91 Å².